The third kappa shape index (κ3) is 3.70. The van der Waals surface area contributed by atoms with E-state index >= 15 is 0 Å². The third-order valence-electron chi connectivity index (χ3n) is 6.41. The van der Waals surface area contributed by atoms with Gasteiger partial charge in [0.25, 0.3) is 5.91 Å². The van der Waals surface area contributed by atoms with Crippen LogP contribution in [0.3, 0.4) is 0 Å². The molecule has 0 aliphatic carbocycles. The quantitative estimate of drug-likeness (QED) is 0.798. The number of rotatable bonds is 7. The molecule has 2 N–H and O–H groups in total. The van der Waals surface area contributed by atoms with Gasteiger partial charge >= 0.3 is 0 Å². The minimum atomic E-state index is -0.475. The molecule has 2 unspecified atom stereocenters. The third-order valence-corrected chi connectivity index (χ3v) is 6.41. The zero-order chi connectivity index (χ0) is 19.7. The largest absolute Gasteiger partial charge is 0.363 e. The van der Waals surface area contributed by atoms with E-state index in [1.54, 1.807) is 0 Å². The lowest BCUT2D eigenvalue weighted by Gasteiger charge is -2.40. The van der Waals surface area contributed by atoms with Gasteiger partial charge in [0.15, 0.2) is 0 Å². The molecule has 0 spiro atoms. The van der Waals surface area contributed by atoms with Crippen LogP contribution in [0.4, 0.5) is 0 Å². The molecule has 6 heteroatoms. The number of benzene rings is 1. The topological polar surface area (TPSA) is 77.0 Å². The summed E-state index contributed by atoms with van der Waals surface area (Å²) in [6.07, 6.45) is 6.93. The molecule has 2 aliphatic rings. The van der Waals surface area contributed by atoms with Crippen molar-refractivity contribution in [1.29, 1.82) is 0 Å². The fraction of sp³-hybridized carbons (Fsp3) is 0.591. The molecule has 2 saturated heterocycles. The highest BCUT2D eigenvalue weighted by molar-refractivity contribution is 5.89. The summed E-state index contributed by atoms with van der Waals surface area (Å²) in [6, 6.07) is 12.2. The van der Waals surface area contributed by atoms with Crippen molar-refractivity contribution in [3.63, 3.8) is 0 Å². The van der Waals surface area contributed by atoms with Crippen molar-refractivity contribution in [2.45, 2.75) is 76.4 Å². The highest BCUT2D eigenvalue weighted by Crippen LogP contribution is 2.42. The van der Waals surface area contributed by atoms with Crippen molar-refractivity contribution in [1.82, 2.24) is 19.7 Å². The number of carbonyl (C=O) groups excluding carboxylic acids is 1. The van der Waals surface area contributed by atoms with Gasteiger partial charge in [-0.25, -0.2) is 0 Å². The van der Waals surface area contributed by atoms with Gasteiger partial charge in [0.1, 0.15) is 5.82 Å². The highest BCUT2D eigenvalue weighted by Gasteiger charge is 2.42. The Hall–Kier alpha value is -2.21. The number of fused-ring (bicyclic) bond motifs is 2. The van der Waals surface area contributed by atoms with E-state index < -0.39 is 5.91 Å². The second-order valence-corrected chi connectivity index (χ2v) is 8.61. The molecule has 2 aromatic rings. The summed E-state index contributed by atoms with van der Waals surface area (Å²) in [5, 5.41) is 8.39. The van der Waals surface area contributed by atoms with Gasteiger partial charge in [0.05, 0.1) is 0 Å². The molecular weight excluding hydrogens is 350 g/mol. The van der Waals surface area contributed by atoms with Crippen molar-refractivity contribution >= 4 is 5.91 Å². The van der Waals surface area contributed by atoms with Gasteiger partial charge in [-0.3, -0.25) is 9.69 Å². The summed E-state index contributed by atoms with van der Waals surface area (Å²) >= 11 is 0. The smallest absolute Gasteiger partial charge is 0.286 e. The lowest BCUT2D eigenvalue weighted by molar-refractivity contribution is 0.0929. The molecule has 0 radical (unpaired) electrons. The molecule has 1 aromatic heterocycles. The maximum Gasteiger partial charge on any atom is 0.286 e. The van der Waals surface area contributed by atoms with Crippen molar-refractivity contribution in [3.05, 3.63) is 47.5 Å². The van der Waals surface area contributed by atoms with Gasteiger partial charge in [-0.15, -0.1) is 10.2 Å². The number of piperidine rings is 1. The standard InChI is InChI=1S/C22H31N5O/c1-15(2)21-24-25-22(20(23)28)27(21)19-13-17-10-11-18(14-19)26(17)12-6-9-16-7-4-3-5-8-16/h3-5,7-8,15,17-19H,6,9-14H2,1-2H3,(H2,23,28). The second-order valence-electron chi connectivity index (χ2n) is 8.61. The van der Waals surface area contributed by atoms with Crippen molar-refractivity contribution in [2.75, 3.05) is 6.54 Å². The van der Waals surface area contributed by atoms with Crippen LogP contribution in [0.2, 0.25) is 0 Å². The first-order valence-corrected chi connectivity index (χ1v) is 10.6. The molecule has 6 nitrogen and oxygen atoms in total. The lowest BCUT2D eigenvalue weighted by Crippen LogP contribution is -2.44. The van der Waals surface area contributed by atoms with Crippen LogP contribution < -0.4 is 5.73 Å². The summed E-state index contributed by atoms with van der Waals surface area (Å²) in [7, 11) is 0. The van der Waals surface area contributed by atoms with Crippen molar-refractivity contribution in [2.24, 2.45) is 5.73 Å². The predicted octanol–water partition coefficient (Wildman–Crippen LogP) is 3.30. The maximum atomic E-state index is 11.9. The summed E-state index contributed by atoms with van der Waals surface area (Å²) in [5.74, 6) is 0.959. The van der Waals surface area contributed by atoms with E-state index in [1.807, 2.05) is 0 Å². The lowest BCUT2D eigenvalue weighted by atomic mass is 9.95. The molecule has 150 valence electrons. The van der Waals surface area contributed by atoms with Gasteiger partial charge in [0, 0.05) is 24.0 Å². The van der Waals surface area contributed by atoms with Crippen LogP contribution in [0.1, 0.15) is 79.9 Å². The molecule has 2 fully saturated rings. The molecule has 4 rings (SSSR count). The van der Waals surface area contributed by atoms with E-state index in [4.69, 9.17) is 5.73 Å². The van der Waals surface area contributed by atoms with Crippen LogP contribution in [0, 0.1) is 0 Å². The number of nitrogens with two attached hydrogens (primary N) is 1. The van der Waals surface area contributed by atoms with Crippen LogP contribution in [0.15, 0.2) is 30.3 Å². The fourth-order valence-electron chi connectivity index (χ4n) is 5.16. The van der Waals surface area contributed by atoms with Gasteiger partial charge < -0.3 is 10.3 Å². The average molecular weight is 382 g/mol. The Labute approximate surface area is 167 Å². The van der Waals surface area contributed by atoms with Crippen LogP contribution >= 0.6 is 0 Å². The zero-order valence-electron chi connectivity index (χ0n) is 16.9. The zero-order valence-corrected chi connectivity index (χ0v) is 16.9. The Bertz CT molecular complexity index is 802. The Balaban J connectivity index is 1.44. The maximum absolute atomic E-state index is 11.9. The molecule has 2 aliphatic heterocycles. The van der Waals surface area contributed by atoms with E-state index in [0.717, 1.165) is 31.6 Å². The van der Waals surface area contributed by atoms with E-state index in [9.17, 15) is 4.79 Å². The number of hydrogen-bond acceptors (Lipinski definition) is 4. The van der Waals surface area contributed by atoms with Gasteiger partial charge in [0.2, 0.25) is 5.82 Å². The Morgan fingerprint density at radius 1 is 1.11 bits per heavy atom. The molecule has 1 amide bonds. The van der Waals surface area contributed by atoms with Crippen LogP contribution in [0.25, 0.3) is 0 Å². The SMILES string of the molecule is CC(C)c1nnc(C(N)=O)n1C1CC2CCC(C1)N2CCCc1ccccc1. The van der Waals surface area contributed by atoms with Gasteiger partial charge in [-0.05, 0) is 50.6 Å². The molecule has 1 aromatic carbocycles. The number of aromatic nitrogens is 3. The van der Waals surface area contributed by atoms with Crippen molar-refractivity contribution < 1.29 is 4.79 Å². The molecule has 0 saturated carbocycles. The van der Waals surface area contributed by atoms with E-state index in [-0.39, 0.29) is 12.0 Å². The summed E-state index contributed by atoms with van der Waals surface area (Å²) in [4.78, 5) is 14.6. The molecular formula is C22H31N5O. The number of hydrogen-bond donors (Lipinski definition) is 1. The van der Waals surface area contributed by atoms with Crippen LogP contribution in [-0.4, -0.2) is 44.2 Å². The van der Waals surface area contributed by atoms with Gasteiger partial charge in [-0.2, -0.15) is 0 Å². The van der Waals surface area contributed by atoms with Crippen LogP contribution in [0.5, 0.6) is 0 Å². The minimum absolute atomic E-state index is 0.224. The second kappa shape index (κ2) is 8.03. The Morgan fingerprint density at radius 2 is 1.79 bits per heavy atom. The number of aryl methyl sites for hydroxylation is 1. The normalized spacial score (nSPS) is 24.8. The number of carbonyl (C=O) groups is 1. The Kier molecular flexibility index (Phi) is 5.49. The molecule has 2 atom stereocenters. The van der Waals surface area contributed by atoms with E-state index in [1.165, 1.54) is 24.8 Å². The first-order valence-electron chi connectivity index (χ1n) is 10.6. The Morgan fingerprint density at radius 3 is 2.39 bits per heavy atom. The van der Waals surface area contributed by atoms with Gasteiger partial charge in [-0.1, -0.05) is 44.2 Å². The number of nitrogens with zero attached hydrogens (tertiary/aromatic N) is 4. The molecule has 2 bridgehead atoms. The van der Waals surface area contributed by atoms with E-state index in [2.05, 4.69) is 63.8 Å². The minimum Gasteiger partial charge on any atom is -0.363 e. The average Bonchev–Trinajstić information content (AvgIpc) is 3.22. The van der Waals surface area contributed by atoms with Crippen LogP contribution in [-0.2, 0) is 6.42 Å². The first kappa shape index (κ1) is 19.1. The fourth-order valence-corrected chi connectivity index (χ4v) is 5.16. The summed E-state index contributed by atoms with van der Waals surface area (Å²) in [5.41, 5.74) is 7.01. The summed E-state index contributed by atoms with van der Waals surface area (Å²) in [6.45, 7) is 5.34. The molecule has 28 heavy (non-hydrogen) atoms. The van der Waals surface area contributed by atoms with Crippen molar-refractivity contribution in [3.8, 4) is 0 Å². The number of amides is 1. The highest BCUT2D eigenvalue weighted by atomic mass is 16.1. The number of primary amides is 1. The van der Waals surface area contributed by atoms with E-state index in [0.29, 0.717) is 17.9 Å². The summed E-state index contributed by atoms with van der Waals surface area (Å²) < 4.78 is 2.06. The predicted molar refractivity (Wildman–Crippen MR) is 109 cm³/mol. The monoisotopic (exact) mass is 381 g/mol. The molecule has 3 heterocycles. The first-order chi connectivity index (χ1) is 13.5.